The topological polar surface area (TPSA) is 74.1 Å². The van der Waals surface area contributed by atoms with Gasteiger partial charge in [-0.1, -0.05) is 19.1 Å². The van der Waals surface area contributed by atoms with E-state index in [1.54, 1.807) is 18.5 Å². The first-order valence-electron chi connectivity index (χ1n) is 13.5. The fourth-order valence-corrected chi connectivity index (χ4v) is 6.14. The van der Waals surface area contributed by atoms with Gasteiger partial charge >= 0.3 is 6.18 Å². The summed E-state index contributed by atoms with van der Waals surface area (Å²) in [6, 6.07) is 11.6. The van der Waals surface area contributed by atoms with Crippen LogP contribution in [0.2, 0.25) is 0 Å². The number of halogens is 3. The van der Waals surface area contributed by atoms with Gasteiger partial charge in [0.1, 0.15) is 30.4 Å². The molecule has 1 saturated heterocycles. The Morgan fingerprint density at radius 1 is 1.08 bits per heavy atom. The van der Waals surface area contributed by atoms with Crippen molar-refractivity contribution in [2.45, 2.75) is 76.7 Å². The lowest BCUT2D eigenvalue weighted by Gasteiger charge is -2.24. The van der Waals surface area contributed by atoms with E-state index in [0.29, 0.717) is 5.52 Å². The molecule has 0 radical (unpaired) electrons. The number of fused-ring (bicyclic) bond motifs is 3. The monoisotopic (exact) mass is 539 g/mol. The molecule has 1 aliphatic heterocycles. The molecule has 1 saturated carbocycles. The minimum absolute atomic E-state index is 0.0355. The van der Waals surface area contributed by atoms with Crippen molar-refractivity contribution in [2.24, 2.45) is 5.92 Å². The van der Waals surface area contributed by atoms with Gasteiger partial charge in [-0.3, -0.25) is 0 Å². The molecule has 2 aliphatic rings. The lowest BCUT2D eigenvalue weighted by molar-refractivity contribution is -0.160. The SMILES string of the molecule is CCc1ncnc2c1ccn2[C@@H]1C[C@H](CCc2ccc3ccc(NCC(F)(F)F)nc3c2)[C@H]2OC(C)(C)O[C@H]21. The number of alkyl halides is 3. The van der Waals surface area contributed by atoms with Crippen LogP contribution in [-0.4, -0.2) is 50.2 Å². The van der Waals surface area contributed by atoms with Gasteiger partial charge in [-0.15, -0.1) is 0 Å². The molecule has 4 aromatic rings. The fraction of sp³-hybridized carbons (Fsp3) is 0.483. The lowest BCUT2D eigenvalue weighted by atomic mass is 9.95. The maximum Gasteiger partial charge on any atom is 0.405 e. The number of ether oxygens (including phenoxy) is 2. The molecule has 4 atom stereocenters. The van der Waals surface area contributed by atoms with Crippen LogP contribution in [0.15, 0.2) is 48.9 Å². The first-order valence-corrected chi connectivity index (χ1v) is 13.5. The summed E-state index contributed by atoms with van der Waals surface area (Å²) >= 11 is 0. The summed E-state index contributed by atoms with van der Waals surface area (Å²) in [6.07, 6.45) is 2.75. The number of rotatable bonds is 7. The molecule has 0 amide bonds. The molecular formula is C29H32F3N5O2. The normalized spacial score (nSPS) is 24.5. The van der Waals surface area contributed by atoms with Gasteiger partial charge in [0.25, 0.3) is 0 Å². The van der Waals surface area contributed by atoms with Crippen molar-refractivity contribution in [3.63, 3.8) is 0 Å². The third-order valence-electron chi connectivity index (χ3n) is 7.87. The molecule has 39 heavy (non-hydrogen) atoms. The summed E-state index contributed by atoms with van der Waals surface area (Å²) in [5.41, 5.74) is 3.73. The summed E-state index contributed by atoms with van der Waals surface area (Å²) in [6.45, 7) is 4.91. The Kier molecular flexibility index (Phi) is 6.50. The van der Waals surface area contributed by atoms with Crippen LogP contribution in [0.4, 0.5) is 19.0 Å². The van der Waals surface area contributed by atoms with Crippen LogP contribution in [0.3, 0.4) is 0 Å². The van der Waals surface area contributed by atoms with E-state index in [1.807, 2.05) is 26.0 Å². The Balaban J connectivity index is 1.21. The van der Waals surface area contributed by atoms with Crippen LogP contribution in [0, 0.1) is 5.92 Å². The van der Waals surface area contributed by atoms with E-state index in [-0.39, 0.29) is 30.0 Å². The van der Waals surface area contributed by atoms with Crippen molar-refractivity contribution in [1.29, 1.82) is 0 Å². The van der Waals surface area contributed by atoms with E-state index in [1.165, 1.54) is 0 Å². The van der Waals surface area contributed by atoms with Crippen LogP contribution in [-0.2, 0) is 22.3 Å². The van der Waals surface area contributed by atoms with Crippen molar-refractivity contribution in [3.8, 4) is 0 Å². The zero-order chi connectivity index (χ0) is 27.4. The van der Waals surface area contributed by atoms with Crippen molar-refractivity contribution in [1.82, 2.24) is 19.5 Å². The lowest BCUT2D eigenvalue weighted by Crippen LogP contribution is -2.27. The van der Waals surface area contributed by atoms with Gasteiger partial charge in [-0.2, -0.15) is 13.2 Å². The summed E-state index contributed by atoms with van der Waals surface area (Å²) in [5, 5.41) is 4.33. The quantitative estimate of drug-likeness (QED) is 0.300. The second-order valence-electron chi connectivity index (χ2n) is 11.0. The van der Waals surface area contributed by atoms with E-state index >= 15 is 0 Å². The number of aryl methyl sites for hydroxylation is 2. The number of benzene rings is 1. The third-order valence-corrected chi connectivity index (χ3v) is 7.87. The highest BCUT2D eigenvalue weighted by atomic mass is 19.4. The molecule has 3 aromatic heterocycles. The Hall–Kier alpha value is -3.24. The summed E-state index contributed by atoms with van der Waals surface area (Å²) < 4.78 is 52.9. The first kappa shape index (κ1) is 26.0. The minimum atomic E-state index is -4.30. The van der Waals surface area contributed by atoms with Gasteiger partial charge in [-0.25, -0.2) is 15.0 Å². The van der Waals surface area contributed by atoms with Crippen LogP contribution in [0.1, 0.15) is 50.9 Å². The Bertz CT molecular complexity index is 1500. The average molecular weight is 540 g/mol. The maximum atomic E-state index is 12.6. The molecule has 0 spiro atoms. The highest BCUT2D eigenvalue weighted by Crippen LogP contribution is 2.49. The van der Waals surface area contributed by atoms with E-state index < -0.39 is 18.5 Å². The number of pyridine rings is 1. The van der Waals surface area contributed by atoms with Crippen molar-refractivity contribution >= 4 is 27.8 Å². The number of nitrogens with zero attached hydrogens (tertiary/aromatic N) is 4. The highest BCUT2D eigenvalue weighted by molar-refractivity contribution is 5.81. The van der Waals surface area contributed by atoms with Gasteiger partial charge in [0.15, 0.2) is 5.79 Å². The highest BCUT2D eigenvalue weighted by Gasteiger charge is 2.54. The maximum absolute atomic E-state index is 12.6. The summed E-state index contributed by atoms with van der Waals surface area (Å²) in [4.78, 5) is 13.5. The summed E-state index contributed by atoms with van der Waals surface area (Å²) in [5.74, 6) is -0.174. The average Bonchev–Trinajstić information content (AvgIpc) is 3.56. The molecule has 6 rings (SSSR count). The minimum Gasteiger partial charge on any atom is -0.361 e. The van der Waals surface area contributed by atoms with Crippen molar-refractivity contribution < 1.29 is 22.6 Å². The van der Waals surface area contributed by atoms with E-state index in [2.05, 4.69) is 50.1 Å². The molecule has 4 heterocycles. The predicted octanol–water partition coefficient (Wildman–Crippen LogP) is 6.23. The Morgan fingerprint density at radius 3 is 2.67 bits per heavy atom. The predicted molar refractivity (Wildman–Crippen MR) is 142 cm³/mol. The molecule has 0 unspecified atom stereocenters. The molecular weight excluding hydrogens is 507 g/mol. The zero-order valence-corrected chi connectivity index (χ0v) is 22.2. The molecule has 1 N–H and O–H groups in total. The van der Waals surface area contributed by atoms with E-state index in [4.69, 9.17) is 9.47 Å². The number of hydrogen-bond donors (Lipinski definition) is 1. The zero-order valence-electron chi connectivity index (χ0n) is 22.2. The van der Waals surface area contributed by atoms with Crippen LogP contribution >= 0.6 is 0 Å². The second-order valence-corrected chi connectivity index (χ2v) is 11.0. The Labute approximate surface area is 224 Å². The molecule has 7 nitrogen and oxygen atoms in total. The third kappa shape index (κ3) is 5.19. The second kappa shape index (κ2) is 9.75. The largest absolute Gasteiger partial charge is 0.405 e. The van der Waals surface area contributed by atoms with Crippen LogP contribution in [0.25, 0.3) is 21.9 Å². The smallest absolute Gasteiger partial charge is 0.361 e. The summed E-state index contributed by atoms with van der Waals surface area (Å²) in [7, 11) is 0. The van der Waals surface area contributed by atoms with Crippen molar-refractivity contribution in [2.75, 3.05) is 11.9 Å². The first-order chi connectivity index (χ1) is 18.6. The molecule has 10 heteroatoms. The molecule has 2 fully saturated rings. The van der Waals surface area contributed by atoms with Crippen LogP contribution in [0.5, 0.6) is 0 Å². The van der Waals surface area contributed by atoms with Gasteiger partial charge in [0.2, 0.25) is 0 Å². The number of hydrogen-bond acceptors (Lipinski definition) is 6. The van der Waals surface area contributed by atoms with E-state index in [0.717, 1.165) is 53.4 Å². The van der Waals surface area contributed by atoms with Gasteiger partial charge in [0.05, 0.1) is 23.4 Å². The van der Waals surface area contributed by atoms with Gasteiger partial charge in [-0.05, 0) is 75.3 Å². The Morgan fingerprint density at radius 2 is 1.87 bits per heavy atom. The van der Waals surface area contributed by atoms with Crippen molar-refractivity contribution in [3.05, 3.63) is 60.2 Å². The number of aromatic nitrogens is 4. The number of anilines is 1. The molecule has 1 aromatic carbocycles. The molecule has 0 bridgehead atoms. The van der Waals surface area contributed by atoms with Gasteiger partial charge < -0.3 is 19.4 Å². The number of nitrogens with one attached hydrogen (secondary N) is 1. The molecule has 1 aliphatic carbocycles. The van der Waals surface area contributed by atoms with E-state index in [9.17, 15) is 13.2 Å². The standard InChI is InChI=1S/C29H32F3N5O2/c1-4-21-20-11-12-37(27(20)35-16-34-21)23-14-19(25-26(23)39-28(2,3)38-25)8-6-17-5-7-18-9-10-24(36-22(18)13-17)33-15-29(30,31)32/h5,7,9-13,16,19,23,25-26H,4,6,8,14-15H2,1-3H3,(H,33,36)/t19-,23+,25+,26-/m0/s1. The van der Waals surface area contributed by atoms with Gasteiger partial charge in [0, 0.05) is 17.0 Å². The molecule has 206 valence electrons. The fourth-order valence-electron chi connectivity index (χ4n) is 6.14. The van der Waals surface area contributed by atoms with Crippen LogP contribution < -0.4 is 5.32 Å².